The van der Waals surface area contributed by atoms with Crippen LogP contribution in [0, 0.1) is 17.2 Å². The van der Waals surface area contributed by atoms with Crippen molar-refractivity contribution in [3.63, 3.8) is 0 Å². The molecule has 1 unspecified atom stereocenters. The van der Waals surface area contributed by atoms with Crippen molar-refractivity contribution in [2.45, 2.75) is 37.2 Å². The Morgan fingerprint density at radius 3 is 2.03 bits per heavy atom. The van der Waals surface area contributed by atoms with Crippen molar-refractivity contribution in [3.05, 3.63) is 64.1 Å². The molecule has 0 spiro atoms. The molecule has 0 aliphatic heterocycles. The lowest BCUT2D eigenvalue weighted by Crippen LogP contribution is -2.46. The second-order valence-electron chi connectivity index (χ2n) is 7.66. The first-order valence-electron chi connectivity index (χ1n) is 9.53. The highest BCUT2D eigenvalue weighted by Crippen LogP contribution is 2.31. The van der Waals surface area contributed by atoms with E-state index >= 15 is 0 Å². The first-order chi connectivity index (χ1) is 14.0. The Bertz CT molecular complexity index is 1010. The molecule has 0 bridgehead atoms. The number of rotatable bonds is 8. The van der Waals surface area contributed by atoms with Gasteiger partial charge in [0.25, 0.3) is 0 Å². The molecule has 0 saturated carbocycles. The molecule has 0 saturated heterocycles. The third kappa shape index (κ3) is 6.14. The predicted octanol–water partition coefficient (Wildman–Crippen LogP) is 3.67. The SMILES string of the molecule is CC(C)C[C@H](N)C(=O)N(CC#N)C(c1ccc(Br)cc1)c1ccc(S(C)(=O)=O)cc1. The van der Waals surface area contributed by atoms with Crippen LogP contribution < -0.4 is 5.73 Å². The summed E-state index contributed by atoms with van der Waals surface area (Å²) in [6.45, 7) is 3.83. The van der Waals surface area contributed by atoms with E-state index in [-0.39, 0.29) is 23.3 Å². The Balaban J connectivity index is 2.57. The van der Waals surface area contributed by atoms with Crippen LogP contribution >= 0.6 is 15.9 Å². The van der Waals surface area contributed by atoms with Gasteiger partial charge < -0.3 is 10.6 Å². The summed E-state index contributed by atoms with van der Waals surface area (Å²) in [6, 6.07) is 14.6. The van der Waals surface area contributed by atoms with E-state index in [9.17, 15) is 18.5 Å². The zero-order valence-corrected chi connectivity index (χ0v) is 19.7. The summed E-state index contributed by atoms with van der Waals surface area (Å²) in [6.07, 6.45) is 1.64. The van der Waals surface area contributed by atoms with E-state index in [4.69, 9.17) is 5.73 Å². The molecule has 2 N–H and O–H groups in total. The van der Waals surface area contributed by atoms with E-state index in [2.05, 4.69) is 22.0 Å². The fraction of sp³-hybridized carbons (Fsp3) is 0.364. The van der Waals surface area contributed by atoms with Crippen LogP contribution in [0.3, 0.4) is 0 Å². The standard InChI is InChI=1S/C22H26BrN3O3S/c1-15(2)14-20(25)22(27)26(13-12-24)21(16-4-8-18(23)9-5-16)17-6-10-19(11-7-17)30(3,28)29/h4-11,15,20-21H,13-14,25H2,1-3H3/t20-,21?/m0/s1. The van der Waals surface area contributed by atoms with Gasteiger partial charge >= 0.3 is 0 Å². The van der Waals surface area contributed by atoms with Crippen LogP contribution in [0.5, 0.6) is 0 Å². The molecule has 6 nitrogen and oxygen atoms in total. The molecule has 2 rings (SSSR count). The van der Waals surface area contributed by atoms with Crippen LogP contribution in [-0.4, -0.2) is 38.1 Å². The number of nitrogens with two attached hydrogens (primary N) is 1. The number of hydrogen-bond acceptors (Lipinski definition) is 5. The Hall–Kier alpha value is -2.21. The first-order valence-corrected chi connectivity index (χ1v) is 12.2. The molecule has 30 heavy (non-hydrogen) atoms. The first kappa shape index (κ1) is 24.1. The van der Waals surface area contributed by atoms with Crippen molar-refractivity contribution in [2.75, 3.05) is 12.8 Å². The third-order valence-electron chi connectivity index (χ3n) is 4.69. The van der Waals surface area contributed by atoms with Gasteiger partial charge in [-0.2, -0.15) is 5.26 Å². The summed E-state index contributed by atoms with van der Waals surface area (Å²) in [5.41, 5.74) is 7.66. The average Bonchev–Trinajstić information content (AvgIpc) is 2.67. The number of nitrogens with zero attached hydrogens (tertiary/aromatic N) is 2. The van der Waals surface area contributed by atoms with Gasteiger partial charge in [0.05, 0.1) is 23.0 Å². The number of amides is 1. The van der Waals surface area contributed by atoms with Crippen LogP contribution in [0.4, 0.5) is 0 Å². The number of carbonyl (C=O) groups is 1. The molecular formula is C22H26BrN3O3S. The Morgan fingerprint density at radius 2 is 1.60 bits per heavy atom. The molecule has 0 aromatic heterocycles. The van der Waals surface area contributed by atoms with Crippen molar-refractivity contribution >= 4 is 31.7 Å². The molecule has 0 heterocycles. The van der Waals surface area contributed by atoms with Crippen molar-refractivity contribution < 1.29 is 13.2 Å². The quantitative estimate of drug-likeness (QED) is 0.567. The van der Waals surface area contributed by atoms with Crippen LogP contribution in [0.15, 0.2) is 57.9 Å². The summed E-state index contributed by atoms with van der Waals surface area (Å²) < 4.78 is 24.5. The Labute approximate surface area is 186 Å². The molecular weight excluding hydrogens is 466 g/mol. The van der Waals surface area contributed by atoms with Gasteiger partial charge in [-0.25, -0.2) is 8.42 Å². The highest BCUT2D eigenvalue weighted by atomic mass is 79.9. The second kappa shape index (κ2) is 10.2. The van der Waals surface area contributed by atoms with Gasteiger partial charge in [0, 0.05) is 10.7 Å². The predicted molar refractivity (Wildman–Crippen MR) is 120 cm³/mol. The molecule has 160 valence electrons. The molecule has 0 fully saturated rings. The van der Waals surface area contributed by atoms with E-state index in [0.29, 0.717) is 12.0 Å². The van der Waals surface area contributed by atoms with Crippen LogP contribution in [0.2, 0.25) is 0 Å². The highest BCUT2D eigenvalue weighted by Gasteiger charge is 2.30. The number of benzene rings is 2. The maximum absolute atomic E-state index is 13.2. The summed E-state index contributed by atoms with van der Waals surface area (Å²) in [5, 5.41) is 9.42. The molecule has 8 heteroatoms. The van der Waals surface area contributed by atoms with E-state index in [1.165, 1.54) is 17.0 Å². The number of carbonyl (C=O) groups excluding carboxylic acids is 1. The maximum atomic E-state index is 13.2. The minimum atomic E-state index is -3.35. The second-order valence-corrected chi connectivity index (χ2v) is 10.6. The zero-order valence-electron chi connectivity index (χ0n) is 17.2. The summed E-state index contributed by atoms with van der Waals surface area (Å²) in [5.74, 6) is -0.0848. The van der Waals surface area contributed by atoms with Crippen molar-refractivity contribution in [1.82, 2.24) is 4.90 Å². The Morgan fingerprint density at radius 1 is 1.10 bits per heavy atom. The molecule has 2 atom stereocenters. The summed E-state index contributed by atoms with van der Waals surface area (Å²) in [4.78, 5) is 14.8. The smallest absolute Gasteiger partial charge is 0.241 e. The molecule has 0 radical (unpaired) electrons. The molecule has 1 amide bonds. The van der Waals surface area contributed by atoms with Crippen molar-refractivity contribution in [2.24, 2.45) is 11.7 Å². The van der Waals surface area contributed by atoms with E-state index < -0.39 is 21.9 Å². The van der Waals surface area contributed by atoms with Gasteiger partial charge in [-0.3, -0.25) is 4.79 Å². The van der Waals surface area contributed by atoms with Crippen LogP contribution in [-0.2, 0) is 14.6 Å². The fourth-order valence-electron chi connectivity index (χ4n) is 3.29. The number of halogens is 1. The normalized spacial score (nSPS) is 13.5. The number of hydrogen-bond donors (Lipinski definition) is 1. The van der Waals surface area contributed by atoms with E-state index in [0.717, 1.165) is 16.3 Å². The van der Waals surface area contributed by atoms with E-state index in [1.54, 1.807) is 12.1 Å². The Kier molecular flexibility index (Phi) is 8.18. The van der Waals surface area contributed by atoms with Crippen molar-refractivity contribution in [1.29, 1.82) is 5.26 Å². The molecule has 2 aromatic carbocycles. The fourth-order valence-corrected chi connectivity index (χ4v) is 4.18. The third-order valence-corrected chi connectivity index (χ3v) is 6.35. The average molecular weight is 492 g/mol. The lowest BCUT2D eigenvalue weighted by Gasteiger charge is -2.33. The maximum Gasteiger partial charge on any atom is 0.241 e. The molecule has 2 aromatic rings. The lowest BCUT2D eigenvalue weighted by molar-refractivity contribution is -0.134. The monoisotopic (exact) mass is 491 g/mol. The number of nitriles is 1. The topological polar surface area (TPSA) is 104 Å². The number of sulfone groups is 1. The minimum Gasteiger partial charge on any atom is -0.320 e. The largest absolute Gasteiger partial charge is 0.320 e. The zero-order chi connectivity index (χ0) is 22.5. The van der Waals surface area contributed by atoms with Gasteiger partial charge in [0.15, 0.2) is 9.84 Å². The van der Waals surface area contributed by atoms with Gasteiger partial charge in [0.2, 0.25) is 5.91 Å². The molecule has 0 aliphatic carbocycles. The van der Waals surface area contributed by atoms with Gasteiger partial charge in [-0.1, -0.05) is 54.0 Å². The van der Waals surface area contributed by atoms with Crippen LogP contribution in [0.25, 0.3) is 0 Å². The lowest BCUT2D eigenvalue weighted by atomic mass is 9.95. The highest BCUT2D eigenvalue weighted by molar-refractivity contribution is 9.10. The summed E-state index contributed by atoms with van der Waals surface area (Å²) >= 11 is 3.41. The van der Waals surface area contributed by atoms with Crippen LogP contribution in [0.1, 0.15) is 37.4 Å². The van der Waals surface area contributed by atoms with Gasteiger partial charge in [-0.15, -0.1) is 0 Å². The minimum absolute atomic E-state index is 0.140. The van der Waals surface area contributed by atoms with Gasteiger partial charge in [-0.05, 0) is 47.7 Å². The van der Waals surface area contributed by atoms with E-state index in [1.807, 2.05) is 38.1 Å². The summed E-state index contributed by atoms with van der Waals surface area (Å²) in [7, 11) is -3.35. The molecule has 0 aliphatic rings. The van der Waals surface area contributed by atoms with Gasteiger partial charge in [0.1, 0.15) is 6.54 Å². The van der Waals surface area contributed by atoms with Crippen molar-refractivity contribution in [3.8, 4) is 6.07 Å².